The molecule has 1 atom stereocenters. The zero-order chi connectivity index (χ0) is 14.0. The van der Waals surface area contributed by atoms with Crippen molar-refractivity contribution in [2.45, 2.75) is 12.5 Å². The van der Waals surface area contributed by atoms with Crippen LogP contribution in [0.3, 0.4) is 0 Å². The van der Waals surface area contributed by atoms with Gasteiger partial charge < -0.3 is 15.0 Å². The number of aromatic nitrogens is 2. The largest absolute Gasteiger partial charge is 0.362 e. The first kappa shape index (κ1) is 13.5. The van der Waals surface area contributed by atoms with Crippen molar-refractivity contribution in [2.24, 2.45) is 7.05 Å². The molecule has 0 aromatic carbocycles. The van der Waals surface area contributed by atoms with Crippen LogP contribution in [0, 0.1) is 0 Å². The van der Waals surface area contributed by atoms with E-state index in [2.05, 4.69) is 10.4 Å². The number of ether oxygens (including phenoxy) is 1. The van der Waals surface area contributed by atoms with E-state index in [4.69, 9.17) is 4.74 Å². The van der Waals surface area contributed by atoms with Crippen molar-refractivity contribution in [1.82, 2.24) is 20.0 Å². The van der Waals surface area contributed by atoms with E-state index in [-0.39, 0.29) is 18.4 Å². The van der Waals surface area contributed by atoms with Crippen LogP contribution >= 0.6 is 0 Å². The van der Waals surface area contributed by atoms with E-state index in [0.717, 1.165) is 0 Å². The highest BCUT2D eigenvalue weighted by atomic mass is 16.5. The van der Waals surface area contributed by atoms with E-state index in [9.17, 15) is 9.59 Å². The van der Waals surface area contributed by atoms with E-state index in [1.54, 1.807) is 36.8 Å². The fraction of sp³-hybridized carbons (Fsp3) is 0.583. The molecule has 7 nitrogen and oxygen atoms in total. The van der Waals surface area contributed by atoms with Gasteiger partial charge in [0.05, 0.1) is 24.9 Å². The third-order valence-electron chi connectivity index (χ3n) is 3.22. The molecule has 0 spiro atoms. The molecule has 1 aromatic heterocycles. The first-order valence-corrected chi connectivity index (χ1v) is 6.10. The number of nitrogens with zero attached hydrogens (tertiary/aromatic N) is 3. The monoisotopic (exact) mass is 266 g/mol. The van der Waals surface area contributed by atoms with Gasteiger partial charge in [0.25, 0.3) is 11.8 Å². The van der Waals surface area contributed by atoms with Gasteiger partial charge in [-0.15, -0.1) is 0 Å². The third-order valence-corrected chi connectivity index (χ3v) is 3.22. The summed E-state index contributed by atoms with van der Waals surface area (Å²) in [5.41, 5.74) is -0.478. The Morgan fingerprint density at radius 2 is 2.26 bits per heavy atom. The molecule has 1 aromatic rings. The minimum absolute atomic E-state index is 0.133. The molecule has 2 rings (SSSR count). The van der Waals surface area contributed by atoms with Gasteiger partial charge in [0.15, 0.2) is 5.60 Å². The second kappa shape index (κ2) is 5.00. The first-order chi connectivity index (χ1) is 8.96. The average Bonchev–Trinajstić information content (AvgIpc) is 2.83. The van der Waals surface area contributed by atoms with Gasteiger partial charge in [-0.25, -0.2) is 0 Å². The molecule has 7 heteroatoms. The zero-order valence-corrected chi connectivity index (χ0v) is 11.3. The van der Waals surface area contributed by atoms with Crippen LogP contribution < -0.4 is 5.32 Å². The Morgan fingerprint density at radius 3 is 2.84 bits per heavy atom. The van der Waals surface area contributed by atoms with Gasteiger partial charge in [0.1, 0.15) is 0 Å². The van der Waals surface area contributed by atoms with Crippen LogP contribution in [0.15, 0.2) is 12.4 Å². The molecular weight excluding hydrogens is 248 g/mol. The second-order valence-electron chi connectivity index (χ2n) is 4.79. The summed E-state index contributed by atoms with van der Waals surface area (Å²) in [5, 5.41) is 6.54. The van der Waals surface area contributed by atoms with E-state index in [1.807, 2.05) is 0 Å². The maximum atomic E-state index is 12.3. The Morgan fingerprint density at radius 1 is 1.53 bits per heavy atom. The molecule has 0 saturated carbocycles. The lowest BCUT2D eigenvalue weighted by atomic mass is 10.0. The summed E-state index contributed by atoms with van der Waals surface area (Å²) in [6.45, 7) is 2.74. The van der Waals surface area contributed by atoms with Crippen LogP contribution in [-0.2, 0) is 16.6 Å². The number of carbonyl (C=O) groups excluding carboxylic acids is 2. The van der Waals surface area contributed by atoms with Crippen LogP contribution in [0.5, 0.6) is 0 Å². The summed E-state index contributed by atoms with van der Waals surface area (Å²) in [6, 6.07) is 0. The van der Waals surface area contributed by atoms with E-state index < -0.39 is 5.60 Å². The lowest BCUT2D eigenvalue weighted by molar-refractivity contribution is -0.153. The van der Waals surface area contributed by atoms with Crippen LogP contribution in [0.4, 0.5) is 0 Å². The second-order valence-corrected chi connectivity index (χ2v) is 4.79. The highest BCUT2D eigenvalue weighted by Gasteiger charge is 2.40. The topological polar surface area (TPSA) is 76.5 Å². The maximum Gasteiger partial charge on any atom is 0.257 e. The number of likely N-dealkylation sites (N-methyl/N-ethyl adjacent to an activating group) is 1. The molecule has 0 radical (unpaired) electrons. The summed E-state index contributed by atoms with van der Waals surface area (Å²) >= 11 is 0. The van der Waals surface area contributed by atoms with Gasteiger partial charge in [-0.3, -0.25) is 14.3 Å². The Kier molecular flexibility index (Phi) is 3.57. The summed E-state index contributed by atoms with van der Waals surface area (Å²) in [5.74, 6) is -0.359. The van der Waals surface area contributed by atoms with Gasteiger partial charge in [-0.1, -0.05) is 0 Å². The summed E-state index contributed by atoms with van der Waals surface area (Å²) in [4.78, 5) is 25.7. The smallest absolute Gasteiger partial charge is 0.257 e. The molecule has 1 fully saturated rings. The standard InChI is InChI=1S/C12H18N4O3/c1-12(11(18)13-2)8-16(4-5-19-12)10(17)9-6-14-15(3)7-9/h6-7H,4-5,8H2,1-3H3,(H,13,18). The van der Waals surface area contributed by atoms with Crippen molar-refractivity contribution < 1.29 is 14.3 Å². The van der Waals surface area contributed by atoms with Crippen LogP contribution in [-0.4, -0.2) is 58.8 Å². The number of aryl methyl sites for hydroxylation is 1. The molecule has 1 aliphatic rings. The molecular formula is C12H18N4O3. The number of rotatable bonds is 2. The molecule has 0 bridgehead atoms. The SMILES string of the molecule is CNC(=O)C1(C)CN(C(=O)c2cnn(C)c2)CCO1. The zero-order valence-electron chi connectivity index (χ0n) is 11.3. The van der Waals surface area contributed by atoms with Crippen LogP contribution in [0.2, 0.25) is 0 Å². The lowest BCUT2D eigenvalue weighted by Gasteiger charge is -2.38. The van der Waals surface area contributed by atoms with Crippen molar-refractivity contribution in [1.29, 1.82) is 0 Å². The van der Waals surface area contributed by atoms with Gasteiger partial charge >= 0.3 is 0 Å². The number of hydrogen-bond acceptors (Lipinski definition) is 4. The van der Waals surface area contributed by atoms with Gasteiger partial charge in [-0.2, -0.15) is 5.10 Å². The molecule has 1 N–H and O–H groups in total. The Labute approximate surface area is 111 Å². The van der Waals surface area contributed by atoms with Crippen molar-refractivity contribution in [3.8, 4) is 0 Å². The van der Waals surface area contributed by atoms with Crippen molar-refractivity contribution >= 4 is 11.8 Å². The summed E-state index contributed by atoms with van der Waals surface area (Å²) < 4.78 is 7.09. The van der Waals surface area contributed by atoms with E-state index in [0.29, 0.717) is 18.7 Å². The molecule has 2 heterocycles. The highest BCUT2D eigenvalue weighted by Crippen LogP contribution is 2.19. The van der Waals surface area contributed by atoms with Gasteiger partial charge in [0.2, 0.25) is 0 Å². The normalized spacial score (nSPS) is 23.2. The van der Waals surface area contributed by atoms with Crippen molar-refractivity contribution in [2.75, 3.05) is 26.7 Å². The minimum atomic E-state index is -0.995. The van der Waals surface area contributed by atoms with Crippen molar-refractivity contribution in [3.05, 3.63) is 18.0 Å². The number of amides is 2. The van der Waals surface area contributed by atoms with Crippen LogP contribution in [0.25, 0.3) is 0 Å². The van der Waals surface area contributed by atoms with E-state index >= 15 is 0 Å². The number of hydrogen-bond donors (Lipinski definition) is 1. The summed E-state index contributed by atoms with van der Waals surface area (Å²) in [6.07, 6.45) is 3.18. The summed E-state index contributed by atoms with van der Waals surface area (Å²) in [7, 11) is 3.31. The van der Waals surface area contributed by atoms with Crippen LogP contribution in [0.1, 0.15) is 17.3 Å². The molecule has 1 saturated heterocycles. The van der Waals surface area contributed by atoms with Gasteiger partial charge in [0, 0.05) is 26.8 Å². The Balaban J connectivity index is 2.13. The average molecular weight is 266 g/mol. The predicted octanol–water partition coefficient (Wildman–Crippen LogP) is -0.603. The molecule has 2 amide bonds. The molecule has 0 aliphatic carbocycles. The quantitative estimate of drug-likeness (QED) is 0.775. The third kappa shape index (κ3) is 2.60. The van der Waals surface area contributed by atoms with E-state index in [1.165, 1.54) is 6.20 Å². The fourth-order valence-electron chi connectivity index (χ4n) is 2.16. The lowest BCUT2D eigenvalue weighted by Crippen LogP contribution is -2.58. The molecule has 1 unspecified atom stereocenters. The molecule has 19 heavy (non-hydrogen) atoms. The Bertz CT molecular complexity index is 499. The number of nitrogens with one attached hydrogen (secondary N) is 1. The van der Waals surface area contributed by atoms with Crippen molar-refractivity contribution in [3.63, 3.8) is 0 Å². The molecule has 104 valence electrons. The minimum Gasteiger partial charge on any atom is -0.362 e. The number of carbonyl (C=O) groups is 2. The highest BCUT2D eigenvalue weighted by molar-refractivity contribution is 5.94. The predicted molar refractivity (Wildman–Crippen MR) is 67.5 cm³/mol. The Hall–Kier alpha value is -1.89. The maximum absolute atomic E-state index is 12.3. The van der Waals surface area contributed by atoms with Gasteiger partial charge in [-0.05, 0) is 6.92 Å². The first-order valence-electron chi connectivity index (χ1n) is 6.10. The number of morpholine rings is 1. The fourth-order valence-corrected chi connectivity index (χ4v) is 2.16. The molecule has 1 aliphatic heterocycles.